The van der Waals surface area contributed by atoms with Gasteiger partial charge < -0.3 is 10.5 Å². The quantitative estimate of drug-likeness (QED) is 0.918. The maximum atomic E-state index is 5.62. The zero-order valence-electron chi connectivity index (χ0n) is 8.64. The van der Waals surface area contributed by atoms with Crippen LogP contribution in [-0.4, -0.2) is 17.1 Å². The number of anilines is 1. The highest BCUT2D eigenvalue weighted by molar-refractivity contribution is 9.10. The number of nitrogen functional groups attached to an aromatic ring is 1. The molecule has 0 aliphatic heterocycles. The van der Waals surface area contributed by atoms with Gasteiger partial charge in [0.1, 0.15) is 17.9 Å². The van der Waals surface area contributed by atoms with Crippen LogP contribution in [0.4, 0.5) is 5.82 Å². The summed E-state index contributed by atoms with van der Waals surface area (Å²) in [5, 5.41) is 0. The lowest BCUT2D eigenvalue weighted by Crippen LogP contribution is -1.94. The molecule has 0 amide bonds. The first kappa shape index (κ1) is 10.9. The highest BCUT2D eigenvalue weighted by Crippen LogP contribution is 2.31. The molecule has 0 aliphatic rings. The van der Waals surface area contributed by atoms with Gasteiger partial charge in [0.2, 0.25) is 0 Å². The number of nitrogens with zero attached hydrogens (tertiary/aromatic N) is 2. The molecule has 0 atom stereocenters. The maximum Gasteiger partial charge on any atom is 0.128 e. The van der Waals surface area contributed by atoms with Crippen molar-refractivity contribution in [3.8, 4) is 17.0 Å². The summed E-state index contributed by atoms with van der Waals surface area (Å²) in [7, 11) is 1.62. The minimum Gasteiger partial charge on any atom is -0.496 e. The molecule has 82 valence electrons. The Morgan fingerprint density at radius 1 is 1.25 bits per heavy atom. The van der Waals surface area contributed by atoms with Gasteiger partial charge >= 0.3 is 0 Å². The minimum absolute atomic E-state index is 0.437. The summed E-state index contributed by atoms with van der Waals surface area (Å²) >= 11 is 3.41. The zero-order valence-corrected chi connectivity index (χ0v) is 10.2. The van der Waals surface area contributed by atoms with Crippen molar-refractivity contribution >= 4 is 21.7 Å². The smallest absolute Gasteiger partial charge is 0.128 e. The van der Waals surface area contributed by atoms with Crippen LogP contribution in [0.15, 0.2) is 35.1 Å². The molecule has 5 heteroatoms. The molecule has 1 aromatic heterocycles. The first-order chi connectivity index (χ1) is 7.70. The number of aromatic nitrogens is 2. The Bertz CT molecular complexity index is 516. The van der Waals surface area contributed by atoms with Crippen LogP contribution >= 0.6 is 15.9 Å². The topological polar surface area (TPSA) is 61.0 Å². The Labute approximate surface area is 102 Å². The third kappa shape index (κ3) is 2.14. The van der Waals surface area contributed by atoms with E-state index in [0.29, 0.717) is 5.82 Å². The summed E-state index contributed by atoms with van der Waals surface area (Å²) < 4.78 is 6.23. The number of nitrogens with two attached hydrogens (primary N) is 1. The van der Waals surface area contributed by atoms with E-state index in [1.54, 1.807) is 13.2 Å². The van der Waals surface area contributed by atoms with Gasteiger partial charge in [-0.1, -0.05) is 15.9 Å². The van der Waals surface area contributed by atoms with Crippen LogP contribution < -0.4 is 10.5 Å². The number of methoxy groups -OCH3 is 1. The zero-order chi connectivity index (χ0) is 11.5. The SMILES string of the molecule is COc1ccc(Br)cc1-c1cc(N)ncn1. The lowest BCUT2D eigenvalue weighted by Gasteiger charge is -2.08. The fraction of sp³-hybridized carbons (Fsp3) is 0.0909. The van der Waals surface area contributed by atoms with Crippen LogP contribution in [0.25, 0.3) is 11.3 Å². The molecule has 16 heavy (non-hydrogen) atoms. The van der Waals surface area contributed by atoms with E-state index in [9.17, 15) is 0 Å². The van der Waals surface area contributed by atoms with Crippen LogP contribution in [0.2, 0.25) is 0 Å². The van der Waals surface area contributed by atoms with Crippen molar-refractivity contribution < 1.29 is 4.74 Å². The fourth-order valence-corrected chi connectivity index (χ4v) is 1.76. The van der Waals surface area contributed by atoms with Crippen molar-refractivity contribution in [3.63, 3.8) is 0 Å². The highest BCUT2D eigenvalue weighted by Gasteiger charge is 2.08. The molecule has 1 aromatic carbocycles. The van der Waals surface area contributed by atoms with Crippen molar-refractivity contribution in [1.29, 1.82) is 0 Å². The molecular weight excluding hydrogens is 270 g/mol. The monoisotopic (exact) mass is 279 g/mol. The van der Waals surface area contributed by atoms with E-state index >= 15 is 0 Å². The van der Waals surface area contributed by atoms with E-state index in [1.165, 1.54) is 6.33 Å². The van der Waals surface area contributed by atoms with E-state index in [1.807, 2.05) is 18.2 Å². The predicted octanol–water partition coefficient (Wildman–Crippen LogP) is 2.50. The predicted molar refractivity (Wildman–Crippen MR) is 66.1 cm³/mol. The molecule has 0 radical (unpaired) electrons. The summed E-state index contributed by atoms with van der Waals surface area (Å²) in [6.45, 7) is 0. The van der Waals surface area contributed by atoms with Gasteiger partial charge in [0, 0.05) is 16.1 Å². The first-order valence-corrected chi connectivity index (χ1v) is 5.41. The van der Waals surface area contributed by atoms with Crippen LogP contribution in [-0.2, 0) is 0 Å². The van der Waals surface area contributed by atoms with Crippen LogP contribution in [0.5, 0.6) is 5.75 Å². The fourth-order valence-electron chi connectivity index (χ4n) is 1.40. The maximum absolute atomic E-state index is 5.62. The molecule has 0 spiro atoms. The number of hydrogen-bond donors (Lipinski definition) is 1. The van der Waals surface area contributed by atoms with Crippen LogP contribution in [0, 0.1) is 0 Å². The Kier molecular flexibility index (Phi) is 3.05. The van der Waals surface area contributed by atoms with Crippen molar-refractivity contribution in [2.75, 3.05) is 12.8 Å². The first-order valence-electron chi connectivity index (χ1n) is 4.62. The van der Waals surface area contributed by atoms with Crippen LogP contribution in [0.3, 0.4) is 0 Å². The summed E-state index contributed by atoms with van der Waals surface area (Å²) in [4.78, 5) is 8.02. The molecule has 2 N–H and O–H groups in total. The second-order valence-electron chi connectivity index (χ2n) is 3.17. The largest absolute Gasteiger partial charge is 0.496 e. The van der Waals surface area contributed by atoms with Gasteiger partial charge in [-0.05, 0) is 18.2 Å². The molecule has 0 saturated carbocycles. The molecule has 2 aromatic rings. The van der Waals surface area contributed by atoms with E-state index in [-0.39, 0.29) is 0 Å². The summed E-state index contributed by atoms with van der Waals surface area (Å²) in [6.07, 6.45) is 1.44. The number of halogens is 1. The van der Waals surface area contributed by atoms with Gasteiger partial charge in [-0.25, -0.2) is 9.97 Å². The Morgan fingerprint density at radius 2 is 2.06 bits per heavy atom. The third-order valence-corrected chi connectivity index (χ3v) is 2.62. The van der Waals surface area contributed by atoms with Crippen molar-refractivity contribution in [2.45, 2.75) is 0 Å². The highest BCUT2D eigenvalue weighted by atomic mass is 79.9. The Hall–Kier alpha value is -1.62. The molecule has 0 unspecified atom stereocenters. The second-order valence-corrected chi connectivity index (χ2v) is 4.09. The van der Waals surface area contributed by atoms with E-state index in [2.05, 4.69) is 25.9 Å². The molecule has 1 heterocycles. The summed E-state index contributed by atoms with van der Waals surface area (Å²) in [5.74, 6) is 1.19. The molecule has 4 nitrogen and oxygen atoms in total. The third-order valence-electron chi connectivity index (χ3n) is 2.13. The molecule has 0 bridgehead atoms. The Morgan fingerprint density at radius 3 is 2.75 bits per heavy atom. The minimum atomic E-state index is 0.437. The van der Waals surface area contributed by atoms with Gasteiger partial charge in [0.25, 0.3) is 0 Å². The Balaban J connectivity index is 2.58. The van der Waals surface area contributed by atoms with Crippen LogP contribution in [0.1, 0.15) is 0 Å². The van der Waals surface area contributed by atoms with Gasteiger partial charge in [0.15, 0.2) is 0 Å². The van der Waals surface area contributed by atoms with Gasteiger partial charge in [-0.2, -0.15) is 0 Å². The molecular formula is C11H10BrN3O. The van der Waals surface area contributed by atoms with E-state index in [0.717, 1.165) is 21.5 Å². The lowest BCUT2D eigenvalue weighted by atomic mass is 10.1. The van der Waals surface area contributed by atoms with Crippen molar-refractivity contribution in [3.05, 3.63) is 35.1 Å². The van der Waals surface area contributed by atoms with E-state index in [4.69, 9.17) is 10.5 Å². The molecule has 0 saturated heterocycles. The van der Waals surface area contributed by atoms with E-state index < -0.39 is 0 Å². The average molecular weight is 280 g/mol. The second kappa shape index (κ2) is 4.49. The summed E-state index contributed by atoms with van der Waals surface area (Å²) in [6, 6.07) is 7.43. The average Bonchev–Trinajstić information content (AvgIpc) is 2.29. The number of hydrogen-bond acceptors (Lipinski definition) is 4. The van der Waals surface area contributed by atoms with Gasteiger partial charge in [-0.3, -0.25) is 0 Å². The normalized spacial score (nSPS) is 10.1. The van der Waals surface area contributed by atoms with Crippen molar-refractivity contribution in [1.82, 2.24) is 9.97 Å². The standard InChI is InChI=1S/C11H10BrN3O/c1-16-10-3-2-7(12)4-8(10)9-5-11(13)15-6-14-9/h2-6H,1H3,(H2,13,14,15). The number of rotatable bonds is 2. The molecule has 0 aliphatic carbocycles. The summed E-state index contributed by atoms with van der Waals surface area (Å²) in [5.41, 5.74) is 7.24. The van der Waals surface area contributed by atoms with Gasteiger partial charge in [-0.15, -0.1) is 0 Å². The number of ether oxygens (including phenoxy) is 1. The van der Waals surface area contributed by atoms with Crippen molar-refractivity contribution in [2.24, 2.45) is 0 Å². The number of benzene rings is 1. The molecule has 0 fully saturated rings. The lowest BCUT2D eigenvalue weighted by molar-refractivity contribution is 0.416. The van der Waals surface area contributed by atoms with Gasteiger partial charge in [0.05, 0.1) is 12.8 Å². The molecule has 2 rings (SSSR count).